The maximum absolute atomic E-state index is 11.6. The van der Waals surface area contributed by atoms with E-state index in [1.54, 1.807) is 20.0 Å². The van der Waals surface area contributed by atoms with Gasteiger partial charge in [0.1, 0.15) is 5.82 Å². The zero-order chi connectivity index (χ0) is 13.1. The summed E-state index contributed by atoms with van der Waals surface area (Å²) < 4.78 is 4.94. The van der Waals surface area contributed by atoms with E-state index in [4.69, 9.17) is 4.74 Å². The van der Waals surface area contributed by atoms with Crippen LogP contribution in [-0.2, 0) is 4.74 Å². The van der Waals surface area contributed by atoms with Crippen LogP contribution in [0.25, 0.3) is 11.4 Å². The summed E-state index contributed by atoms with van der Waals surface area (Å²) >= 11 is 0. The SMILES string of the molecule is CCOC(=O)c1nc(-c2ccc(C)nc2)[nH]c1C. The molecule has 0 radical (unpaired) electrons. The maximum atomic E-state index is 11.6. The van der Waals surface area contributed by atoms with E-state index in [1.165, 1.54) is 0 Å². The Morgan fingerprint density at radius 2 is 2.17 bits per heavy atom. The molecular weight excluding hydrogens is 230 g/mol. The number of aryl methyl sites for hydroxylation is 2. The van der Waals surface area contributed by atoms with Crippen LogP contribution >= 0.6 is 0 Å². The van der Waals surface area contributed by atoms with E-state index in [0.29, 0.717) is 23.8 Å². The Bertz CT molecular complexity index is 558. The van der Waals surface area contributed by atoms with Crippen LogP contribution in [0.15, 0.2) is 18.3 Å². The van der Waals surface area contributed by atoms with Gasteiger partial charge in [-0.15, -0.1) is 0 Å². The van der Waals surface area contributed by atoms with Crippen LogP contribution in [0.1, 0.15) is 28.8 Å². The molecule has 0 spiro atoms. The monoisotopic (exact) mass is 245 g/mol. The summed E-state index contributed by atoms with van der Waals surface area (Å²) in [5.41, 5.74) is 2.81. The molecule has 5 heteroatoms. The number of rotatable bonds is 3. The largest absolute Gasteiger partial charge is 0.461 e. The molecule has 0 fully saturated rings. The molecule has 0 saturated heterocycles. The molecule has 5 nitrogen and oxygen atoms in total. The number of nitrogens with one attached hydrogen (secondary N) is 1. The van der Waals surface area contributed by atoms with E-state index < -0.39 is 5.97 Å². The van der Waals surface area contributed by atoms with Crippen molar-refractivity contribution in [1.29, 1.82) is 0 Å². The minimum absolute atomic E-state index is 0.326. The molecule has 0 atom stereocenters. The fourth-order valence-corrected chi connectivity index (χ4v) is 1.60. The molecule has 94 valence electrons. The van der Waals surface area contributed by atoms with Crippen LogP contribution in [0.2, 0.25) is 0 Å². The van der Waals surface area contributed by atoms with Gasteiger partial charge < -0.3 is 9.72 Å². The van der Waals surface area contributed by atoms with Gasteiger partial charge in [-0.25, -0.2) is 9.78 Å². The van der Waals surface area contributed by atoms with E-state index in [0.717, 1.165) is 11.3 Å². The fraction of sp³-hybridized carbons (Fsp3) is 0.308. The summed E-state index contributed by atoms with van der Waals surface area (Å²) in [4.78, 5) is 23.2. The molecular formula is C13H15N3O2. The summed E-state index contributed by atoms with van der Waals surface area (Å²) in [5.74, 6) is 0.223. The van der Waals surface area contributed by atoms with Gasteiger partial charge in [-0.05, 0) is 32.9 Å². The zero-order valence-corrected chi connectivity index (χ0v) is 10.7. The van der Waals surface area contributed by atoms with Gasteiger partial charge in [0.25, 0.3) is 0 Å². The van der Waals surface area contributed by atoms with Crippen molar-refractivity contribution in [1.82, 2.24) is 15.0 Å². The number of esters is 1. The van der Waals surface area contributed by atoms with Crippen LogP contribution < -0.4 is 0 Å². The number of hydrogen-bond acceptors (Lipinski definition) is 4. The first-order valence-electron chi connectivity index (χ1n) is 5.78. The number of ether oxygens (including phenoxy) is 1. The standard InChI is InChI=1S/C13H15N3O2/c1-4-18-13(17)11-9(3)15-12(16-11)10-6-5-8(2)14-7-10/h5-7H,4H2,1-3H3,(H,15,16). The highest BCUT2D eigenvalue weighted by Gasteiger charge is 2.16. The number of carbonyl (C=O) groups excluding carboxylic acids is 1. The van der Waals surface area contributed by atoms with Crippen LogP contribution in [0, 0.1) is 13.8 Å². The number of aromatic nitrogens is 3. The van der Waals surface area contributed by atoms with Crippen LogP contribution in [0.5, 0.6) is 0 Å². The summed E-state index contributed by atoms with van der Waals surface area (Å²) in [6, 6.07) is 3.81. The van der Waals surface area contributed by atoms with E-state index in [1.807, 2.05) is 19.1 Å². The first-order chi connectivity index (χ1) is 8.61. The van der Waals surface area contributed by atoms with Crippen molar-refractivity contribution in [2.75, 3.05) is 6.61 Å². The van der Waals surface area contributed by atoms with Crippen LogP contribution in [-0.4, -0.2) is 27.5 Å². The van der Waals surface area contributed by atoms with Gasteiger partial charge in [-0.3, -0.25) is 4.98 Å². The highest BCUT2D eigenvalue weighted by atomic mass is 16.5. The second-order valence-electron chi connectivity index (χ2n) is 3.97. The Balaban J connectivity index is 2.34. The lowest BCUT2D eigenvalue weighted by atomic mass is 10.2. The van der Waals surface area contributed by atoms with Gasteiger partial charge in [-0.1, -0.05) is 0 Å². The molecule has 0 aromatic carbocycles. The molecule has 2 heterocycles. The van der Waals surface area contributed by atoms with Gasteiger partial charge >= 0.3 is 5.97 Å². The lowest BCUT2D eigenvalue weighted by Crippen LogP contribution is -2.06. The highest BCUT2D eigenvalue weighted by molar-refractivity contribution is 5.89. The molecule has 0 aliphatic rings. The number of aromatic amines is 1. The van der Waals surface area contributed by atoms with E-state index in [2.05, 4.69) is 15.0 Å². The molecule has 18 heavy (non-hydrogen) atoms. The quantitative estimate of drug-likeness (QED) is 0.842. The predicted octanol–water partition coefficient (Wildman–Crippen LogP) is 2.27. The minimum Gasteiger partial charge on any atom is -0.461 e. The van der Waals surface area contributed by atoms with E-state index >= 15 is 0 Å². The third kappa shape index (κ3) is 2.40. The molecule has 0 aliphatic heterocycles. The van der Waals surface area contributed by atoms with Crippen LogP contribution in [0.4, 0.5) is 0 Å². The summed E-state index contributed by atoms with van der Waals surface area (Å²) in [7, 11) is 0. The number of carbonyl (C=O) groups is 1. The first-order valence-corrected chi connectivity index (χ1v) is 5.78. The van der Waals surface area contributed by atoms with Gasteiger partial charge in [0, 0.05) is 23.1 Å². The molecule has 0 aliphatic carbocycles. The van der Waals surface area contributed by atoms with Crippen molar-refractivity contribution >= 4 is 5.97 Å². The normalized spacial score (nSPS) is 10.4. The van der Waals surface area contributed by atoms with Gasteiger partial charge in [-0.2, -0.15) is 0 Å². The van der Waals surface area contributed by atoms with Crippen molar-refractivity contribution < 1.29 is 9.53 Å². The number of hydrogen-bond donors (Lipinski definition) is 1. The van der Waals surface area contributed by atoms with Crippen molar-refractivity contribution in [3.8, 4) is 11.4 Å². The van der Waals surface area contributed by atoms with Gasteiger partial charge in [0.2, 0.25) is 0 Å². The smallest absolute Gasteiger partial charge is 0.358 e. The number of nitrogens with zero attached hydrogens (tertiary/aromatic N) is 2. The summed E-state index contributed by atoms with van der Waals surface area (Å²) in [6.45, 7) is 5.82. The Morgan fingerprint density at radius 3 is 2.78 bits per heavy atom. The van der Waals surface area contributed by atoms with E-state index in [9.17, 15) is 4.79 Å². The number of imidazole rings is 1. The van der Waals surface area contributed by atoms with Gasteiger partial charge in [0.05, 0.1) is 6.61 Å². The van der Waals surface area contributed by atoms with Crippen molar-refractivity contribution in [2.24, 2.45) is 0 Å². The molecule has 0 unspecified atom stereocenters. The Hall–Kier alpha value is -2.17. The second kappa shape index (κ2) is 5.00. The minimum atomic E-state index is -0.405. The third-order valence-electron chi connectivity index (χ3n) is 2.54. The molecule has 1 N–H and O–H groups in total. The Morgan fingerprint density at radius 1 is 1.39 bits per heavy atom. The maximum Gasteiger partial charge on any atom is 0.358 e. The van der Waals surface area contributed by atoms with E-state index in [-0.39, 0.29) is 0 Å². The molecule has 2 rings (SSSR count). The lowest BCUT2D eigenvalue weighted by molar-refractivity contribution is 0.0519. The van der Waals surface area contributed by atoms with Crippen molar-refractivity contribution in [3.05, 3.63) is 35.4 Å². The highest BCUT2D eigenvalue weighted by Crippen LogP contribution is 2.17. The first kappa shape index (κ1) is 12.3. The van der Waals surface area contributed by atoms with Crippen LogP contribution in [0.3, 0.4) is 0 Å². The second-order valence-corrected chi connectivity index (χ2v) is 3.97. The lowest BCUT2D eigenvalue weighted by Gasteiger charge is -1.98. The fourth-order valence-electron chi connectivity index (χ4n) is 1.60. The number of pyridine rings is 1. The average molecular weight is 245 g/mol. The van der Waals surface area contributed by atoms with Crippen molar-refractivity contribution in [2.45, 2.75) is 20.8 Å². The average Bonchev–Trinajstić information content (AvgIpc) is 2.72. The molecule has 0 amide bonds. The molecule has 2 aromatic rings. The number of H-pyrrole nitrogens is 1. The van der Waals surface area contributed by atoms with Gasteiger partial charge in [0.15, 0.2) is 5.69 Å². The molecule has 2 aromatic heterocycles. The van der Waals surface area contributed by atoms with Crippen molar-refractivity contribution in [3.63, 3.8) is 0 Å². The zero-order valence-electron chi connectivity index (χ0n) is 10.7. The Labute approximate surface area is 105 Å². The summed E-state index contributed by atoms with van der Waals surface area (Å²) in [5, 5.41) is 0. The topological polar surface area (TPSA) is 67.9 Å². The summed E-state index contributed by atoms with van der Waals surface area (Å²) in [6.07, 6.45) is 1.72. The molecule has 0 bridgehead atoms. The predicted molar refractivity (Wildman–Crippen MR) is 67.2 cm³/mol. The third-order valence-corrected chi connectivity index (χ3v) is 2.54. The Kier molecular flexibility index (Phi) is 3.41. The molecule has 0 saturated carbocycles.